The Bertz CT molecular complexity index is 307. The summed E-state index contributed by atoms with van der Waals surface area (Å²) in [4.78, 5) is 25.3. The van der Waals surface area contributed by atoms with E-state index in [0.717, 1.165) is 38.5 Å². The summed E-state index contributed by atoms with van der Waals surface area (Å²) in [6.07, 6.45) is 6.03. The highest BCUT2D eigenvalue weighted by molar-refractivity contribution is 5.85. The van der Waals surface area contributed by atoms with E-state index in [1.165, 1.54) is 0 Å². The van der Waals surface area contributed by atoms with Crippen LogP contribution in [0.15, 0.2) is 0 Å². The molecule has 0 saturated heterocycles. The number of unbranched alkanes of at least 4 members (excludes halogenated alkanes) is 1. The van der Waals surface area contributed by atoms with Gasteiger partial charge in [-0.15, -0.1) is 0 Å². The fraction of sp³-hybridized carbons (Fsp3) is 0.857. The van der Waals surface area contributed by atoms with Crippen LogP contribution in [0.5, 0.6) is 0 Å². The van der Waals surface area contributed by atoms with Crippen molar-refractivity contribution in [1.29, 1.82) is 0 Å². The molecule has 0 aromatic carbocycles. The van der Waals surface area contributed by atoms with Crippen molar-refractivity contribution < 1.29 is 9.59 Å². The number of nitrogens with two attached hydrogens (primary N) is 2. The lowest BCUT2D eigenvalue weighted by atomic mass is 9.78. The predicted octanol–water partition coefficient (Wildman–Crippen LogP) is 0.866. The van der Waals surface area contributed by atoms with Gasteiger partial charge < -0.3 is 16.4 Å². The third-order valence-corrected chi connectivity index (χ3v) is 3.97. The van der Waals surface area contributed by atoms with Gasteiger partial charge >= 0.3 is 0 Å². The molecule has 110 valence electrons. The highest BCUT2D eigenvalue weighted by atomic mass is 16.2. The van der Waals surface area contributed by atoms with E-state index < -0.39 is 5.91 Å². The Morgan fingerprint density at radius 2 is 1.95 bits per heavy atom. The molecule has 0 bridgehead atoms. The van der Waals surface area contributed by atoms with Crippen LogP contribution < -0.4 is 11.5 Å². The van der Waals surface area contributed by atoms with Crippen LogP contribution >= 0.6 is 0 Å². The molecule has 19 heavy (non-hydrogen) atoms. The van der Waals surface area contributed by atoms with Crippen molar-refractivity contribution in [2.75, 3.05) is 19.6 Å². The third-order valence-electron chi connectivity index (χ3n) is 3.97. The van der Waals surface area contributed by atoms with Crippen LogP contribution in [0.4, 0.5) is 0 Å². The van der Waals surface area contributed by atoms with E-state index in [0.29, 0.717) is 13.1 Å². The number of hydrogen-bond donors (Lipinski definition) is 2. The fourth-order valence-corrected chi connectivity index (χ4v) is 2.85. The van der Waals surface area contributed by atoms with Crippen molar-refractivity contribution in [3.63, 3.8) is 0 Å². The molecule has 2 unspecified atom stereocenters. The van der Waals surface area contributed by atoms with Crippen molar-refractivity contribution in [1.82, 2.24) is 4.90 Å². The smallest absolute Gasteiger partial charge is 0.237 e. The van der Waals surface area contributed by atoms with Crippen LogP contribution in [0.2, 0.25) is 0 Å². The maximum atomic E-state index is 12.6. The average Bonchev–Trinajstić information content (AvgIpc) is 2.42. The topological polar surface area (TPSA) is 89.4 Å². The van der Waals surface area contributed by atoms with E-state index in [-0.39, 0.29) is 24.3 Å². The van der Waals surface area contributed by atoms with Crippen LogP contribution in [-0.4, -0.2) is 36.3 Å². The van der Waals surface area contributed by atoms with Gasteiger partial charge in [-0.2, -0.15) is 0 Å². The number of hydrogen-bond acceptors (Lipinski definition) is 3. The second kappa shape index (κ2) is 8.15. The molecule has 0 spiro atoms. The third kappa shape index (κ3) is 4.82. The summed E-state index contributed by atoms with van der Waals surface area (Å²) >= 11 is 0. The lowest BCUT2D eigenvalue weighted by molar-refractivity contribution is -0.141. The zero-order valence-electron chi connectivity index (χ0n) is 11.9. The number of carbonyl (C=O) groups excluding carboxylic acids is 2. The number of amides is 2. The minimum atomic E-state index is -0.440. The summed E-state index contributed by atoms with van der Waals surface area (Å²) in [5.41, 5.74) is 11.0. The maximum absolute atomic E-state index is 12.6. The zero-order valence-corrected chi connectivity index (χ0v) is 11.9. The van der Waals surface area contributed by atoms with E-state index in [9.17, 15) is 9.59 Å². The highest BCUT2D eigenvalue weighted by Crippen LogP contribution is 2.30. The molecule has 1 saturated carbocycles. The first kappa shape index (κ1) is 16.0. The van der Waals surface area contributed by atoms with Crippen molar-refractivity contribution in [3.05, 3.63) is 0 Å². The summed E-state index contributed by atoms with van der Waals surface area (Å²) in [6, 6.07) is 0. The van der Waals surface area contributed by atoms with E-state index in [4.69, 9.17) is 11.5 Å². The Morgan fingerprint density at radius 3 is 2.53 bits per heavy atom. The minimum Gasteiger partial charge on any atom is -0.368 e. The molecule has 2 atom stereocenters. The van der Waals surface area contributed by atoms with Crippen LogP contribution in [0.1, 0.15) is 45.4 Å². The van der Waals surface area contributed by atoms with Gasteiger partial charge in [0.15, 0.2) is 0 Å². The molecule has 0 heterocycles. The summed E-state index contributed by atoms with van der Waals surface area (Å²) in [5, 5.41) is 0. The van der Waals surface area contributed by atoms with Crippen LogP contribution in [0.25, 0.3) is 0 Å². The first-order valence-corrected chi connectivity index (χ1v) is 7.37. The summed E-state index contributed by atoms with van der Waals surface area (Å²) < 4.78 is 0. The number of nitrogens with zero attached hydrogens (tertiary/aromatic N) is 1. The Balaban J connectivity index is 2.69. The standard InChI is InChI=1S/C14H27N3O2/c1-2-3-8-17(10-13(16)18)14(19)12-7-5-4-6-11(12)9-15/h11-12H,2-10,15H2,1H3,(H2,16,18). The largest absolute Gasteiger partial charge is 0.368 e. The quantitative estimate of drug-likeness (QED) is 0.718. The van der Waals surface area contributed by atoms with Gasteiger partial charge in [-0.05, 0) is 31.7 Å². The molecular weight excluding hydrogens is 242 g/mol. The highest BCUT2D eigenvalue weighted by Gasteiger charge is 2.33. The lowest BCUT2D eigenvalue weighted by Crippen LogP contribution is -2.45. The van der Waals surface area contributed by atoms with Crippen molar-refractivity contribution in [2.45, 2.75) is 45.4 Å². The molecule has 0 aromatic rings. The van der Waals surface area contributed by atoms with E-state index in [1.807, 2.05) is 0 Å². The maximum Gasteiger partial charge on any atom is 0.237 e. The Hall–Kier alpha value is -1.10. The second-order valence-corrected chi connectivity index (χ2v) is 5.47. The van der Waals surface area contributed by atoms with E-state index in [1.54, 1.807) is 4.90 Å². The monoisotopic (exact) mass is 269 g/mol. The van der Waals surface area contributed by atoms with Gasteiger partial charge in [0.1, 0.15) is 0 Å². The van der Waals surface area contributed by atoms with Gasteiger partial charge in [-0.25, -0.2) is 0 Å². The lowest BCUT2D eigenvalue weighted by Gasteiger charge is -2.33. The Labute approximate surface area is 115 Å². The van der Waals surface area contributed by atoms with E-state index in [2.05, 4.69) is 6.92 Å². The Morgan fingerprint density at radius 1 is 1.26 bits per heavy atom. The minimum absolute atomic E-state index is 0.0186. The molecule has 2 amide bonds. The molecule has 1 rings (SSSR count). The average molecular weight is 269 g/mol. The molecule has 0 radical (unpaired) electrons. The van der Waals surface area contributed by atoms with Gasteiger partial charge in [0.05, 0.1) is 6.54 Å². The molecule has 1 fully saturated rings. The van der Waals surface area contributed by atoms with Gasteiger partial charge in [0.2, 0.25) is 11.8 Å². The summed E-state index contributed by atoms with van der Waals surface area (Å²) in [7, 11) is 0. The SMILES string of the molecule is CCCCN(CC(N)=O)C(=O)C1CCCCC1CN. The predicted molar refractivity (Wildman–Crippen MR) is 75.2 cm³/mol. The van der Waals surface area contributed by atoms with Crippen molar-refractivity contribution in [2.24, 2.45) is 23.3 Å². The first-order valence-electron chi connectivity index (χ1n) is 7.37. The summed E-state index contributed by atoms with van der Waals surface area (Å²) in [5.74, 6) is -0.125. The molecule has 1 aliphatic carbocycles. The van der Waals surface area contributed by atoms with Crippen LogP contribution in [0.3, 0.4) is 0 Å². The molecule has 5 heteroatoms. The summed E-state index contributed by atoms with van der Waals surface area (Å²) in [6.45, 7) is 3.27. The van der Waals surface area contributed by atoms with Crippen molar-refractivity contribution in [3.8, 4) is 0 Å². The first-order chi connectivity index (χ1) is 9.10. The normalized spacial score (nSPS) is 23.1. The molecule has 1 aliphatic rings. The van der Waals surface area contributed by atoms with Gasteiger partial charge in [0, 0.05) is 12.5 Å². The number of rotatable bonds is 7. The van der Waals surface area contributed by atoms with Gasteiger partial charge in [-0.1, -0.05) is 26.2 Å². The van der Waals surface area contributed by atoms with Gasteiger partial charge in [-0.3, -0.25) is 9.59 Å². The molecule has 4 N–H and O–H groups in total. The molecule has 0 aliphatic heterocycles. The van der Waals surface area contributed by atoms with Gasteiger partial charge in [0.25, 0.3) is 0 Å². The molecular formula is C14H27N3O2. The van der Waals surface area contributed by atoms with Crippen molar-refractivity contribution >= 4 is 11.8 Å². The number of carbonyl (C=O) groups is 2. The van der Waals surface area contributed by atoms with E-state index >= 15 is 0 Å². The molecule has 0 aromatic heterocycles. The number of primary amides is 1. The molecule has 5 nitrogen and oxygen atoms in total. The Kier molecular flexibility index (Phi) is 6.84. The van der Waals surface area contributed by atoms with Crippen LogP contribution in [-0.2, 0) is 9.59 Å². The van der Waals surface area contributed by atoms with Crippen LogP contribution in [0, 0.1) is 11.8 Å². The second-order valence-electron chi connectivity index (χ2n) is 5.47. The fourth-order valence-electron chi connectivity index (χ4n) is 2.85. The zero-order chi connectivity index (χ0) is 14.3.